The van der Waals surface area contributed by atoms with Crippen LogP contribution in [0.25, 0.3) is 10.8 Å². The number of aromatic nitrogens is 2. The van der Waals surface area contributed by atoms with Crippen molar-refractivity contribution in [2.45, 2.75) is 45.1 Å². The number of aryl methyl sites for hydroxylation is 1. The van der Waals surface area contributed by atoms with Crippen molar-refractivity contribution in [3.63, 3.8) is 0 Å². The van der Waals surface area contributed by atoms with Gasteiger partial charge in [0.1, 0.15) is 5.78 Å². The van der Waals surface area contributed by atoms with Gasteiger partial charge in [0, 0.05) is 37.4 Å². The monoisotopic (exact) mass is 429 g/mol. The largest absolute Gasteiger partial charge is 0.303 e. The minimum atomic E-state index is -0.134. The van der Waals surface area contributed by atoms with Crippen molar-refractivity contribution in [2.75, 3.05) is 13.6 Å². The Labute approximate surface area is 189 Å². The summed E-state index contributed by atoms with van der Waals surface area (Å²) >= 11 is 0. The smallest absolute Gasteiger partial charge is 0.274 e. The first-order chi connectivity index (χ1) is 15.3. The summed E-state index contributed by atoms with van der Waals surface area (Å²) < 4.78 is 1.34. The molecule has 2 aliphatic rings. The molecule has 1 aliphatic carbocycles. The molecule has 0 N–H and O–H groups in total. The Morgan fingerprint density at radius 2 is 1.81 bits per heavy atom. The molecule has 3 aromatic rings. The van der Waals surface area contributed by atoms with E-state index in [0.29, 0.717) is 41.3 Å². The maximum Gasteiger partial charge on any atom is 0.274 e. The van der Waals surface area contributed by atoms with Crippen molar-refractivity contribution >= 4 is 16.6 Å². The number of likely N-dealkylation sites (N-methyl/N-ethyl adjacent to an activating group) is 1. The van der Waals surface area contributed by atoms with E-state index in [1.165, 1.54) is 15.8 Å². The molecule has 1 aliphatic heterocycles. The summed E-state index contributed by atoms with van der Waals surface area (Å²) in [7, 11) is 3.87. The Kier molecular flexibility index (Phi) is 5.25. The van der Waals surface area contributed by atoms with E-state index in [9.17, 15) is 9.59 Å². The van der Waals surface area contributed by atoms with Gasteiger partial charge < -0.3 is 4.90 Å². The molecule has 5 rings (SSSR count). The van der Waals surface area contributed by atoms with Crippen molar-refractivity contribution in [2.24, 2.45) is 18.9 Å². The Morgan fingerprint density at radius 3 is 2.59 bits per heavy atom. The van der Waals surface area contributed by atoms with E-state index in [-0.39, 0.29) is 17.8 Å². The lowest BCUT2D eigenvalue weighted by atomic mass is 9.75. The maximum atomic E-state index is 13.0. The first kappa shape index (κ1) is 21.1. The molecule has 2 aromatic carbocycles. The zero-order valence-electron chi connectivity index (χ0n) is 19.3. The molecular weight excluding hydrogens is 398 g/mol. The molecule has 0 amide bonds. The maximum absolute atomic E-state index is 13.0. The number of Topliss-reactive ketones (excluding diaryl/α,β-unsaturated/α-hetero) is 1. The predicted octanol–water partition coefficient (Wildman–Crippen LogP) is 3.51. The first-order valence-electron chi connectivity index (χ1n) is 11.6. The molecule has 4 unspecified atom stereocenters. The average molecular weight is 430 g/mol. The van der Waals surface area contributed by atoms with Crippen molar-refractivity contribution in [1.82, 2.24) is 14.7 Å². The predicted molar refractivity (Wildman–Crippen MR) is 127 cm³/mol. The highest BCUT2D eigenvalue weighted by Crippen LogP contribution is 2.48. The van der Waals surface area contributed by atoms with E-state index in [1.807, 2.05) is 18.2 Å². The lowest BCUT2D eigenvalue weighted by Gasteiger charge is -2.43. The number of fused-ring (bicyclic) bond motifs is 4. The zero-order valence-corrected chi connectivity index (χ0v) is 19.3. The molecule has 166 valence electrons. The third-order valence-electron chi connectivity index (χ3n) is 7.81. The number of rotatable bonds is 4. The Balaban J connectivity index is 1.40. The number of nitrogens with zero attached hydrogens (tertiary/aromatic N) is 3. The number of carbonyl (C=O) groups is 1. The van der Waals surface area contributed by atoms with Gasteiger partial charge in [-0.1, -0.05) is 43.3 Å². The van der Waals surface area contributed by atoms with Crippen LogP contribution in [-0.4, -0.2) is 40.1 Å². The number of likely N-dealkylation sites (tertiary alicyclic amines) is 1. The molecule has 1 saturated heterocycles. The van der Waals surface area contributed by atoms with Crippen LogP contribution in [0, 0.1) is 11.8 Å². The van der Waals surface area contributed by atoms with E-state index in [1.54, 1.807) is 13.1 Å². The van der Waals surface area contributed by atoms with Gasteiger partial charge >= 0.3 is 0 Å². The van der Waals surface area contributed by atoms with Gasteiger partial charge in [-0.05, 0) is 55.0 Å². The molecule has 1 fully saturated rings. The van der Waals surface area contributed by atoms with Gasteiger partial charge in [0.2, 0.25) is 0 Å². The van der Waals surface area contributed by atoms with Crippen molar-refractivity contribution in [1.29, 1.82) is 0 Å². The van der Waals surface area contributed by atoms with E-state index in [0.717, 1.165) is 23.9 Å². The summed E-state index contributed by atoms with van der Waals surface area (Å²) in [5.74, 6) is 2.05. The van der Waals surface area contributed by atoms with Gasteiger partial charge in [-0.2, -0.15) is 5.10 Å². The van der Waals surface area contributed by atoms with Gasteiger partial charge in [-0.15, -0.1) is 0 Å². The van der Waals surface area contributed by atoms with Crippen LogP contribution in [0.15, 0.2) is 47.3 Å². The molecule has 32 heavy (non-hydrogen) atoms. The number of piperidine rings is 1. The third kappa shape index (κ3) is 3.49. The summed E-state index contributed by atoms with van der Waals surface area (Å²) in [4.78, 5) is 27.9. The van der Waals surface area contributed by atoms with Crippen LogP contribution in [-0.2, 0) is 31.1 Å². The summed E-state index contributed by atoms with van der Waals surface area (Å²) in [6, 6.07) is 14.6. The molecule has 0 radical (unpaired) electrons. The number of hydrogen-bond acceptors (Lipinski definition) is 4. The highest BCUT2D eigenvalue weighted by atomic mass is 16.1. The van der Waals surface area contributed by atoms with Gasteiger partial charge in [0.05, 0.1) is 17.5 Å². The molecule has 5 nitrogen and oxygen atoms in total. The number of benzene rings is 2. The van der Waals surface area contributed by atoms with E-state index >= 15 is 0 Å². The highest BCUT2D eigenvalue weighted by molar-refractivity contribution is 5.90. The molecule has 0 spiro atoms. The number of hydrogen-bond donors (Lipinski definition) is 0. The van der Waals surface area contributed by atoms with Gasteiger partial charge in [-0.3, -0.25) is 9.59 Å². The topological polar surface area (TPSA) is 55.2 Å². The summed E-state index contributed by atoms with van der Waals surface area (Å²) in [6.45, 7) is 5.87. The Bertz CT molecular complexity index is 1260. The van der Waals surface area contributed by atoms with Crippen molar-refractivity contribution < 1.29 is 4.79 Å². The number of ketones is 1. The van der Waals surface area contributed by atoms with Gasteiger partial charge in [0.15, 0.2) is 0 Å². The molecule has 0 saturated carbocycles. The molecular formula is C27H31N3O2. The van der Waals surface area contributed by atoms with Crippen LogP contribution in [0.4, 0.5) is 0 Å². The molecule has 4 atom stereocenters. The zero-order chi connectivity index (χ0) is 22.6. The molecule has 5 heteroatoms. The minimum Gasteiger partial charge on any atom is -0.303 e. The fourth-order valence-electron chi connectivity index (χ4n) is 6.05. The fourth-order valence-corrected chi connectivity index (χ4v) is 6.05. The fraction of sp³-hybridized carbons (Fsp3) is 0.444. The standard InChI is InChI=1S/C27H31N3O2/c1-16-15-29(3)17(2)26-23(16)13-19-10-9-18(12-24(19)26)11-20(31)14-25-21-7-5-6-8-22(21)27(32)30(4)28-25/h5-10,12,16-17,23,26H,11,13-15H2,1-4H3. The van der Waals surface area contributed by atoms with Crippen LogP contribution in [0.1, 0.15) is 42.1 Å². The quantitative estimate of drug-likeness (QED) is 0.637. The van der Waals surface area contributed by atoms with Crippen LogP contribution in [0.5, 0.6) is 0 Å². The minimum absolute atomic E-state index is 0.123. The molecule has 1 aromatic heterocycles. The Morgan fingerprint density at radius 1 is 1.06 bits per heavy atom. The van der Waals surface area contributed by atoms with E-state index in [4.69, 9.17) is 0 Å². The van der Waals surface area contributed by atoms with E-state index < -0.39 is 0 Å². The van der Waals surface area contributed by atoms with Crippen molar-refractivity contribution in [3.8, 4) is 0 Å². The SMILES string of the molecule is CC1CN(C)C(C)C2c3cc(CC(=O)Cc4nn(C)c(=O)c5ccccc45)ccc3CC12. The second-order valence-corrected chi connectivity index (χ2v) is 9.90. The summed E-state index contributed by atoms with van der Waals surface area (Å²) in [5.41, 5.74) is 4.51. The Hall–Kier alpha value is -2.79. The van der Waals surface area contributed by atoms with Gasteiger partial charge in [0.25, 0.3) is 5.56 Å². The van der Waals surface area contributed by atoms with Crippen LogP contribution >= 0.6 is 0 Å². The lowest BCUT2D eigenvalue weighted by Crippen LogP contribution is -2.46. The normalized spacial score (nSPS) is 25.0. The lowest BCUT2D eigenvalue weighted by molar-refractivity contribution is -0.117. The van der Waals surface area contributed by atoms with Crippen LogP contribution < -0.4 is 5.56 Å². The summed E-state index contributed by atoms with van der Waals surface area (Å²) in [5, 5.41) is 5.78. The molecule has 2 heterocycles. The number of carbonyl (C=O) groups excluding carboxylic acids is 1. The third-order valence-corrected chi connectivity index (χ3v) is 7.81. The highest BCUT2D eigenvalue weighted by Gasteiger charge is 2.43. The van der Waals surface area contributed by atoms with Crippen molar-refractivity contribution in [3.05, 3.63) is 75.2 Å². The second-order valence-electron chi connectivity index (χ2n) is 9.90. The van der Waals surface area contributed by atoms with Crippen LogP contribution in [0.2, 0.25) is 0 Å². The average Bonchev–Trinajstić information content (AvgIpc) is 3.15. The second kappa shape index (κ2) is 7.96. The van der Waals surface area contributed by atoms with Crippen LogP contribution in [0.3, 0.4) is 0 Å². The van der Waals surface area contributed by atoms with E-state index in [2.05, 4.69) is 49.1 Å². The van der Waals surface area contributed by atoms with Gasteiger partial charge in [-0.25, -0.2) is 4.68 Å². The molecule has 0 bridgehead atoms. The summed E-state index contributed by atoms with van der Waals surface area (Å²) in [6.07, 6.45) is 1.78. The first-order valence-corrected chi connectivity index (χ1v) is 11.6.